The van der Waals surface area contributed by atoms with Crippen molar-refractivity contribution in [2.45, 2.75) is 13.0 Å². The lowest BCUT2D eigenvalue weighted by molar-refractivity contribution is -0.125. The van der Waals surface area contributed by atoms with Gasteiger partial charge in [-0.1, -0.05) is 36.4 Å². The molecule has 9 heteroatoms. The molecule has 5 rings (SSSR count). The number of nitrogens with zero attached hydrogens (tertiary/aromatic N) is 2. The van der Waals surface area contributed by atoms with Crippen molar-refractivity contribution in [3.05, 3.63) is 100 Å². The Morgan fingerprint density at radius 1 is 0.917 bits per heavy atom. The highest BCUT2D eigenvalue weighted by molar-refractivity contribution is 6.05. The van der Waals surface area contributed by atoms with Crippen molar-refractivity contribution in [2.75, 3.05) is 17.2 Å². The van der Waals surface area contributed by atoms with Crippen LogP contribution in [0.5, 0.6) is 11.5 Å². The predicted octanol–water partition coefficient (Wildman–Crippen LogP) is 3.52. The van der Waals surface area contributed by atoms with Crippen LogP contribution in [0.15, 0.2) is 83.7 Å². The molecule has 1 aliphatic rings. The minimum atomic E-state index is -0.833. The van der Waals surface area contributed by atoms with Crippen molar-refractivity contribution in [3.8, 4) is 17.2 Å². The molecule has 2 N–H and O–H groups in total. The molecule has 3 aromatic carbocycles. The van der Waals surface area contributed by atoms with Crippen LogP contribution in [0, 0.1) is 6.92 Å². The first kappa shape index (κ1) is 23.0. The van der Waals surface area contributed by atoms with E-state index in [2.05, 4.69) is 10.6 Å². The van der Waals surface area contributed by atoms with Gasteiger partial charge in [-0.2, -0.15) is 0 Å². The Morgan fingerprint density at radius 3 is 2.42 bits per heavy atom. The van der Waals surface area contributed by atoms with Crippen molar-refractivity contribution in [1.29, 1.82) is 0 Å². The third kappa shape index (κ3) is 4.34. The minimum Gasteiger partial charge on any atom is -0.485 e. The van der Waals surface area contributed by atoms with Crippen molar-refractivity contribution in [1.82, 2.24) is 9.36 Å². The number of carbonyl (C=O) groups excluding carboxylic acids is 2. The van der Waals surface area contributed by atoms with Crippen molar-refractivity contribution in [3.63, 3.8) is 0 Å². The van der Waals surface area contributed by atoms with Gasteiger partial charge in [0, 0.05) is 18.3 Å². The van der Waals surface area contributed by atoms with Crippen LogP contribution in [0.25, 0.3) is 5.69 Å². The van der Waals surface area contributed by atoms with E-state index in [1.807, 2.05) is 36.4 Å². The second-order valence-corrected chi connectivity index (χ2v) is 8.32. The lowest BCUT2D eigenvalue weighted by atomic mass is 10.1. The summed E-state index contributed by atoms with van der Waals surface area (Å²) in [6, 6.07) is 22.8. The first-order chi connectivity index (χ1) is 17.4. The number of benzene rings is 3. The van der Waals surface area contributed by atoms with Gasteiger partial charge in [0.15, 0.2) is 11.5 Å². The van der Waals surface area contributed by atoms with Gasteiger partial charge in [-0.3, -0.25) is 19.1 Å². The van der Waals surface area contributed by atoms with Crippen molar-refractivity contribution in [2.24, 2.45) is 7.05 Å². The molecule has 4 aromatic rings. The number of amides is 2. The van der Waals surface area contributed by atoms with Crippen LogP contribution in [0.4, 0.5) is 11.4 Å². The van der Waals surface area contributed by atoms with Gasteiger partial charge in [-0.25, -0.2) is 4.68 Å². The molecular weight excluding hydrogens is 460 g/mol. The van der Waals surface area contributed by atoms with Gasteiger partial charge in [-0.05, 0) is 49.4 Å². The minimum absolute atomic E-state index is 0.0734. The summed E-state index contributed by atoms with van der Waals surface area (Å²) < 4.78 is 14.5. The number of fused-ring (bicyclic) bond motifs is 1. The highest BCUT2D eigenvalue weighted by atomic mass is 16.6. The summed E-state index contributed by atoms with van der Waals surface area (Å²) in [6.07, 6.45) is -0.833. The molecular formula is C27H24N4O5. The summed E-state index contributed by atoms with van der Waals surface area (Å²) in [5, 5.41) is 5.50. The molecule has 0 aliphatic carbocycles. The molecule has 1 atom stereocenters. The zero-order valence-electron chi connectivity index (χ0n) is 19.7. The number of ether oxygens (including phenoxy) is 2. The number of hydrogen-bond donors (Lipinski definition) is 2. The third-order valence-electron chi connectivity index (χ3n) is 5.99. The van der Waals surface area contributed by atoms with E-state index in [1.54, 1.807) is 61.1 Å². The van der Waals surface area contributed by atoms with Crippen LogP contribution in [0.2, 0.25) is 0 Å². The summed E-state index contributed by atoms with van der Waals surface area (Å²) in [5.41, 5.74) is 1.85. The summed E-state index contributed by atoms with van der Waals surface area (Å²) in [5.74, 6) is 0.217. The third-order valence-corrected chi connectivity index (χ3v) is 5.99. The second-order valence-electron chi connectivity index (χ2n) is 8.32. The zero-order valence-corrected chi connectivity index (χ0v) is 19.7. The van der Waals surface area contributed by atoms with E-state index in [-0.39, 0.29) is 23.4 Å². The Hall–Kier alpha value is -4.79. The first-order valence-corrected chi connectivity index (χ1v) is 11.4. The lowest BCUT2D eigenvalue weighted by Gasteiger charge is -2.25. The molecule has 2 amide bonds. The van der Waals surface area contributed by atoms with Gasteiger partial charge < -0.3 is 20.1 Å². The van der Waals surface area contributed by atoms with Gasteiger partial charge >= 0.3 is 0 Å². The Morgan fingerprint density at radius 2 is 1.64 bits per heavy atom. The normalized spacial score (nSPS) is 14.2. The average Bonchev–Trinajstić information content (AvgIpc) is 3.11. The summed E-state index contributed by atoms with van der Waals surface area (Å²) in [4.78, 5) is 38.9. The summed E-state index contributed by atoms with van der Waals surface area (Å²) >= 11 is 0. The molecule has 2 heterocycles. The molecule has 0 bridgehead atoms. The van der Waals surface area contributed by atoms with Crippen molar-refractivity contribution < 1.29 is 19.1 Å². The predicted molar refractivity (Wildman–Crippen MR) is 135 cm³/mol. The fourth-order valence-corrected chi connectivity index (χ4v) is 4.01. The quantitative estimate of drug-likeness (QED) is 0.451. The largest absolute Gasteiger partial charge is 0.485 e. The van der Waals surface area contributed by atoms with E-state index in [1.165, 1.54) is 4.68 Å². The molecule has 0 saturated heterocycles. The standard InChI is InChI=1S/C27H24N4O5/c1-17-24(27(34)31(30(17)2)20-11-4-3-5-12-20)29-25(32)18-9-8-10-19(15-18)28-26(33)23-16-35-21-13-6-7-14-22(21)36-23/h3-15,23H,16H2,1-2H3,(H,28,33)(H,29,32). The average molecular weight is 485 g/mol. The molecule has 36 heavy (non-hydrogen) atoms. The molecule has 1 aliphatic heterocycles. The Balaban J connectivity index is 1.31. The number of hydrogen-bond acceptors (Lipinski definition) is 5. The topological polar surface area (TPSA) is 104 Å². The van der Waals surface area contributed by atoms with Gasteiger partial charge in [0.05, 0.1) is 11.4 Å². The molecule has 182 valence electrons. The highest BCUT2D eigenvalue weighted by Crippen LogP contribution is 2.31. The maximum atomic E-state index is 13.1. The Kier molecular flexibility index (Phi) is 6.03. The highest BCUT2D eigenvalue weighted by Gasteiger charge is 2.27. The number of nitrogens with one attached hydrogen (secondary N) is 2. The van der Waals surface area contributed by atoms with Crippen LogP contribution < -0.4 is 25.7 Å². The number of rotatable bonds is 5. The maximum Gasteiger partial charge on any atom is 0.295 e. The van der Waals surface area contributed by atoms with E-state index in [4.69, 9.17) is 9.47 Å². The fourth-order valence-electron chi connectivity index (χ4n) is 4.01. The molecule has 0 spiro atoms. The van der Waals surface area contributed by atoms with Gasteiger partial charge in [0.1, 0.15) is 12.3 Å². The molecule has 0 saturated carbocycles. The smallest absolute Gasteiger partial charge is 0.295 e. The van der Waals surface area contributed by atoms with Gasteiger partial charge in [0.2, 0.25) is 6.10 Å². The number of aromatic nitrogens is 2. The zero-order chi connectivity index (χ0) is 25.2. The maximum absolute atomic E-state index is 13.1. The Labute approximate surface area is 206 Å². The Bertz CT molecular complexity index is 1510. The summed E-state index contributed by atoms with van der Waals surface area (Å²) in [6.45, 7) is 1.83. The monoisotopic (exact) mass is 484 g/mol. The molecule has 0 fully saturated rings. The number of para-hydroxylation sites is 3. The first-order valence-electron chi connectivity index (χ1n) is 11.4. The van der Waals surface area contributed by atoms with Crippen LogP contribution in [0.1, 0.15) is 16.1 Å². The van der Waals surface area contributed by atoms with Crippen LogP contribution in [-0.2, 0) is 11.8 Å². The SMILES string of the molecule is Cc1c(NC(=O)c2cccc(NC(=O)C3COc4ccccc4O3)c2)c(=O)n(-c2ccccc2)n1C. The van der Waals surface area contributed by atoms with E-state index in [9.17, 15) is 14.4 Å². The van der Waals surface area contributed by atoms with Crippen LogP contribution >= 0.6 is 0 Å². The molecule has 1 aromatic heterocycles. The number of carbonyl (C=O) groups is 2. The van der Waals surface area contributed by atoms with E-state index < -0.39 is 17.9 Å². The van der Waals surface area contributed by atoms with Crippen LogP contribution in [0.3, 0.4) is 0 Å². The van der Waals surface area contributed by atoms with Gasteiger partial charge in [0.25, 0.3) is 17.4 Å². The van der Waals surface area contributed by atoms with Crippen LogP contribution in [-0.4, -0.2) is 33.9 Å². The molecule has 1 unspecified atom stereocenters. The van der Waals surface area contributed by atoms with E-state index >= 15 is 0 Å². The molecule has 9 nitrogen and oxygen atoms in total. The summed E-state index contributed by atoms with van der Waals surface area (Å²) in [7, 11) is 1.75. The molecule has 0 radical (unpaired) electrons. The van der Waals surface area contributed by atoms with Gasteiger partial charge in [-0.15, -0.1) is 0 Å². The van der Waals surface area contributed by atoms with E-state index in [0.717, 1.165) is 0 Å². The fraction of sp³-hybridized carbons (Fsp3) is 0.148. The number of anilines is 2. The second kappa shape index (κ2) is 9.46. The van der Waals surface area contributed by atoms with E-state index in [0.29, 0.717) is 28.6 Å². The lowest BCUT2D eigenvalue weighted by Crippen LogP contribution is -2.40. The van der Waals surface area contributed by atoms with Crippen molar-refractivity contribution >= 4 is 23.2 Å².